The average Bonchev–Trinajstić information content (AvgIpc) is 2.71. The molecule has 1 atom stereocenters. The van der Waals surface area contributed by atoms with Crippen molar-refractivity contribution in [1.82, 2.24) is 9.97 Å². The lowest BCUT2D eigenvalue weighted by Crippen LogP contribution is -2.17. The molecule has 28 heavy (non-hydrogen) atoms. The molecule has 0 saturated carbocycles. The van der Waals surface area contributed by atoms with Crippen LogP contribution in [-0.4, -0.2) is 28.6 Å². The quantitative estimate of drug-likeness (QED) is 0.363. The van der Waals surface area contributed by atoms with Gasteiger partial charge in [0.05, 0.1) is 19.0 Å². The predicted octanol–water partition coefficient (Wildman–Crippen LogP) is 5.38. The van der Waals surface area contributed by atoms with E-state index in [1.807, 2.05) is 31.2 Å². The highest BCUT2D eigenvalue weighted by Gasteiger charge is 2.10. The molecule has 0 N–H and O–H groups in total. The summed E-state index contributed by atoms with van der Waals surface area (Å²) >= 11 is 0. The first-order valence-corrected chi connectivity index (χ1v) is 10.4. The number of rotatable bonds is 12. The van der Waals surface area contributed by atoms with E-state index in [1.165, 1.54) is 12.8 Å². The zero-order chi connectivity index (χ0) is 20.2. The second-order valence-electron chi connectivity index (χ2n) is 7.10. The Morgan fingerprint density at radius 3 is 2.32 bits per heavy atom. The second-order valence-corrected chi connectivity index (χ2v) is 7.10. The molecule has 0 radical (unpaired) electrons. The van der Waals surface area contributed by atoms with Crippen LogP contribution in [0.5, 0.6) is 5.75 Å². The molecule has 5 nitrogen and oxygen atoms in total. The summed E-state index contributed by atoms with van der Waals surface area (Å²) < 4.78 is 11.1. The first kappa shape index (κ1) is 21.9. The monoisotopic (exact) mass is 384 g/mol. The van der Waals surface area contributed by atoms with E-state index >= 15 is 0 Å². The van der Waals surface area contributed by atoms with E-state index in [-0.39, 0.29) is 12.1 Å². The van der Waals surface area contributed by atoms with Crippen molar-refractivity contribution in [1.29, 1.82) is 0 Å². The number of nitrogens with zero attached hydrogens (tertiary/aromatic N) is 2. The standard InChI is InChI=1S/C23H32N2O3/c1-4-6-8-14-27-21-16-24-23(25-17-21)20-12-10-19(11-13-20)15-18(3)28-22(26)9-7-5-2/h10-13,16-18H,4-9,14-15H2,1-3H3. The highest BCUT2D eigenvalue weighted by atomic mass is 16.5. The van der Waals surface area contributed by atoms with E-state index in [2.05, 4.69) is 23.8 Å². The van der Waals surface area contributed by atoms with Crippen molar-refractivity contribution < 1.29 is 14.3 Å². The molecule has 152 valence electrons. The van der Waals surface area contributed by atoms with Crippen LogP contribution in [-0.2, 0) is 16.0 Å². The molecular weight excluding hydrogens is 352 g/mol. The van der Waals surface area contributed by atoms with Gasteiger partial charge in [0.25, 0.3) is 0 Å². The lowest BCUT2D eigenvalue weighted by Gasteiger charge is -2.13. The van der Waals surface area contributed by atoms with Crippen LogP contribution >= 0.6 is 0 Å². The second kappa shape index (κ2) is 12.1. The highest BCUT2D eigenvalue weighted by Crippen LogP contribution is 2.18. The summed E-state index contributed by atoms with van der Waals surface area (Å²) in [5.74, 6) is 1.26. The van der Waals surface area contributed by atoms with Gasteiger partial charge in [-0.15, -0.1) is 0 Å². The number of unbranched alkanes of at least 4 members (excludes halogenated alkanes) is 3. The van der Waals surface area contributed by atoms with E-state index in [9.17, 15) is 4.79 Å². The summed E-state index contributed by atoms with van der Waals surface area (Å²) in [6.07, 6.45) is 9.78. The van der Waals surface area contributed by atoms with Crippen molar-refractivity contribution in [2.24, 2.45) is 0 Å². The molecule has 2 rings (SSSR count). The van der Waals surface area contributed by atoms with Crippen molar-refractivity contribution in [2.45, 2.75) is 71.8 Å². The Labute approximate surface area is 168 Å². The molecule has 2 aromatic rings. The third kappa shape index (κ3) is 7.67. The van der Waals surface area contributed by atoms with Crippen LogP contribution < -0.4 is 4.74 Å². The fourth-order valence-electron chi connectivity index (χ4n) is 2.85. The maximum Gasteiger partial charge on any atom is 0.306 e. The summed E-state index contributed by atoms with van der Waals surface area (Å²) in [4.78, 5) is 20.5. The third-order valence-electron chi connectivity index (χ3n) is 4.45. The van der Waals surface area contributed by atoms with Crippen molar-refractivity contribution in [3.8, 4) is 17.1 Å². The fraction of sp³-hybridized carbons (Fsp3) is 0.522. The Balaban J connectivity index is 1.85. The van der Waals surface area contributed by atoms with Crippen molar-refractivity contribution in [3.05, 3.63) is 42.2 Å². The van der Waals surface area contributed by atoms with Gasteiger partial charge in [0.2, 0.25) is 0 Å². The van der Waals surface area contributed by atoms with Gasteiger partial charge in [-0.05, 0) is 25.3 Å². The molecule has 1 unspecified atom stereocenters. The minimum Gasteiger partial charge on any atom is -0.490 e. The van der Waals surface area contributed by atoms with Gasteiger partial charge in [-0.3, -0.25) is 4.79 Å². The Kier molecular flexibility index (Phi) is 9.46. The molecule has 1 heterocycles. The Morgan fingerprint density at radius 1 is 1.00 bits per heavy atom. The van der Waals surface area contributed by atoms with Crippen molar-refractivity contribution in [3.63, 3.8) is 0 Å². The molecule has 0 aliphatic heterocycles. The number of ether oxygens (including phenoxy) is 2. The Bertz CT molecular complexity index is 699. The summed E-state index contributed by atoms with van der Waals surface area (Å²) in [6, 6.07) is 8.06. The maximum absolute atomic E-state index is 11.7. The fourth-order valence-corrected chi connectivity index (χ4v) is 2.85. The number of benzene rings is 1. The predicted molar refractivity (Wildman–Crippen MR) is 111 cm³/mol. The zero-order valence-corrected chi connectivity index (χ0v) is 17.3. The number of esters is 1. The molecule has 0 fully saturated rings. The van der Waals surface area contributed by atoms with Crippen LogP contribution in [0, 0.1) is 0 Å². The minimum atomic E-state index is -0.129. The molecule has 0 amide bonds. The smallest absolute Gasteiger partial charge is 0.306 e. The van der Waals surface area contributed by atoms with Crippen molar-refractivity contribution >= 4 is 5.97 Å². The lowest BCUT2D eigenvalue weighted by molar-refractivity contribution is -0.148. The first-order valence-electron chi connectivity index (χ1n) is 10.4. The van der Waals surface area contributed by atoms with Crippen LogP contribution in [0.25, 0.3) is 11.4 Å². The van der Waals surface area contributed by atoms with E-state index < -0.39 is 0 Å². The van der Waals surface area contributed by atoms with Crippen LogP contribution in [0.1, 0.15) is 64.9 Å². The molecule has 0 saturated heterocycles. The maximum atomic E-state index is 11.7. The SMILES string of the molecule is CCCCCOc1cnc(-c2ccc(CC(C)OC(=O)CCCC)cc2)nc1. The number of carbonyl (C=O) groups is 1. The van der Waals surface area contributed by atoms with Gasteiger partial charge in [0.1, 0.15) is 6.10 Å². The first-order chi connectivity index (χ1) is 13.6. The van der Waals surface area contributed by atoms with Gasteiger partial charge in [0.15, 0.2) is 11.6 Å². The number of carbonyl (C=O) groups excluding carboxylic acids is 1. The molecule has 0 spiro atoms. The largest absolute Gasteiger partial charge is 0.490 e. The highest BCUT2D eigenvalue weighted by molar-refractivity contribution is 5.69. The minimum absolute atomic E-state index is 0.114. The molecule has 1 aromatic carbocycles. The normalized spacial score (nSPS) is 11.8. The van der Waals surface area contributed by atoms with E-state index in [0.717, 1.165) is 30.4 Å². The number of hydrogen-bond acceptors (Lipinski definition) is 5. The molecular formula is C23H32N2O3. The molecule has 1 aromatic heterocycles. The summed E-state index contributed by atoms with van der Waals surface area (Å²) in [5, 5.41) is 0. The Morgan fingerprint density at radius 2 is 1.68 bits per heavy atom. The summed E-state index contributed by atoms with van der Waals surface area (Å²) in [5.41, 5.74) is 2.07. The molecule has 5 heteroatoms. The van der Waals surface area contributed by atoms with E-state index in [0.29, 0.717) is 31.0 Å². The van der Waals surface area contributed by atoms with E-state index in [4.69, 9.17) is 9.47 Å². The van der Waals surface area contributed by atoms with Crippen LogP contribution in [0.3, 0.4) is 0 Å². The van der Waals surface area contributed by atoms with Gasteiger partial charge >= 0.3 is 5.97 Å². The van der Waals surface area contributed by atoms with E-state index in [1.54, 1.807) is 12.4 Å². The van der Waals surface area contributed by atoms with Crippen LogP contribution in [0.4, 0.5) is 0 Å². The summed E-state index contributed by atoms with van der Waals surface area (Å²) in [7, 11) is 0. The van der Waals surface area contributed by atoms with Gasteiger partial charge in [-0.2, -0.15) is 0 Å². The number of aromatic nitrogens is 2. The summed E-state index contributed by atoms with van der Waals surface area (Å²) in [6.45, 7) is 6.87. The molecule has 0 bridgehead atoms. The average molecular weight is 385 g/mol. The molecule has 0 aliphatic carbocycles. The van der Waals surface area contributed by atoms with Crippen LogP contribution in [0.2, 0.25) is 0 Å². The Hall–Kier alpha value is -2.43. The van der Waals surface area contributed by atoms with Gasteiger partial charge in [-0.1, -0.05) is 57.4 Å². The third-order valence-corrected chi connectivity index (χ3v) is 4.45. The van der Waals surface area contributed by atoms with Crippen LogP contribution in [0.15, 0.2) is 36.7 Å². The topological polar surface area (TPSA) is 61.3 Å². The zero-order valence-electron chi connectivity index (χ0n) is 17.3. The van der Waals surface area contributed by atoms with Gasteiger partial charge < -0.3 is 9.47 Å². The lowest BCUT2D eigenvalue weighted by atomic mass is 10.1. The van der Waals surface area contributed by atoms with Gasteiger partial charge in [0, 0.05) is 18.4 Å². The van der Waals surface area contributed by atoms with Crippen molar-refractivity contribution in [2.75, 3.05) is 6.61 Å². The molecule has 0 aliphatic rings. The van der Waals surface area contributed by atoms with Gasteiger partial charge in [-0.25, -0.2) is 9.97 Å². The number of hydrogen-bond donors (Lipinski definition) is 0.